The fourth-order valence-electron chi connectivity index (χ4n) is 4.17. The van der Waals surface area contributed by atoms with Crippen LogP contribution in [0.5, 0.6) is 0 Å². The van der Waals surface area contributed by atoms with Gasteiger partial charge in [-0.3, -0.25) is 14.6 Å². The summed E-state index contributed by atoms with van der Waals surface area (Å²) in [5.74, 6) is 2.15. The van der Waals surface area contributed by atoms with Gasteiger partial charge >= 0.3 is 0 Å². The molecular weight excluding hydrogens is 412 g/mol. The van der Waals surface area contributed by atoms with Crippen LogP contribution in [0.3, 0.4) is 0 Å². The van der Waals surface area contributed by atoms with E-state index in [1.807, 2.05) is 42.2 Å². The molecular formula is C26H30N6O. The second kappa shape index (κ2) is 8.14. The molecule has 1 aliphatic carbocycles. The van der Waals surface area contributed by atoms with E-state index in [0.717, 1.165) is 23.3 Å². The van der Waals surface area contributed by atoms with Gasteiger partial charge in [0.05, 0.1) is 11.7 Å². The van der Waals surface area contributed by atoms with Crippen LogP contribution in [0, 0.1) is 5.41 Å². The van der Waals surface area contributed by atoms with Gasteiger partial charge < -0.3 is 5.32 Å². The second-order valence-corrected chi connectivity index (χ2v) is 10.2. The summed E-state index contributed by atoms with van der Waals surface area (Å²) in [5, 5.41) is 16.2. The van der Waals surface area contributed by atoms with Gasteiger partial charge in [0.15, 0.2) is 5.82 Å². The Morgan fingerprint density at radius 3 is 2.61 bits per heavy atom. The minimum Gasteiger partial charge on any atom is -0.352 e. The molecule has 33 heavy (non-hydrogen) atoms. The van der Waals surface area contributed by atoms with Gasteiger partial charge in [-0.05, 0) is 53.5 Å². The molecule has 170 valence electrons. The molecule has 1 amide bonds. The van der Waals surface area contributed by atoms with E-state index in [4.69, 9.17) is 4.98 Å². The van der Waals surface area contributed by atoms with Crippen LogP contribution in [0.1, 0.15) is 66.8 Å². The van der Waals surface area contributed by atoms with Crippen LogP contribution < -0.4 is 5.32 Å². The normalized spacial score (nSPS) is 14.1. The van der Waals surface area contributed by atoms with Gasteiger partial charge in [-0.1, -0.05) is 39.0 Å². The predicted molar refractivity (Wildman–Crippen MR) is 129 cm³/mol. The number of amides is 1. The third kappa shape index (κ3) is 4.53. The van der Waals surface area contributed by atoms with Gasteiger partial charge in [0.2, 0.25) is 0 Å². The van der Waals surface area contributed by atoms with Crippen molar-refractivity contribution in [2.45, 2.75) is 46.0 Å². The monoisotopic (exact) mass is 442 g/mol. The molecule has 0 bridgehead atoms. The Hall–Kier alpha value is -3.48. The Morgan fingerprint density at radius 1 is 1.15 bits per heavy atom. The first kappa shape index (κ1) is 21.4. The highest BCUT2D eigenvalue weighted by Gasteiger charge is 2.29. The van der Waals surface area contributed by atoms with Crippen LogP contribution in [-0.2, 0) is 13.5 Å². The summed E-state index contributed by atoms with van der Waals surface area (Å²) in [5.41, 5.74) is 5.37. The van der Waals surface area contributed by atoms with Crippen LogP contribution in [0.2, 0.25) is 0 Å². The molecule has 0 atom stereocenters. The summed E-state index contributed by atoms with van der Waals surface area (Å²) in [6.07, 6.45) is 5.13. The molecule has 1 saturated carbocycles. The van der Waals surface area contributed by atoms with Gasteiger partial charge in [-0.15, -0.1) is 0 Å². The van der Waals surface area contributed by atoms with Crippen molar-refractivity contribution in [3.8, 4) is 11.4 Å². The van der Waals surface area contributed by atoms with Crippen molar-refractivity contribution < 1.29 is 4.79 Å². The van der Waals surface area contributed by atoms with E-state index in [1.54, 1.807) is 0 Å². The van der Waals surface area contributed by atoms with Crippen molar-refractivity contribution in [2.75, 3.05) is 6.54 Å². The number of nitrogens with zero attached hydrogens (tertiary/aromatic N) is 4. The van der Waals surface area contributed by atoms with E-state index in [2.05, 4.69) is 53.5 Å². The summed E-state index contributed by atoms with van der Waals surface area (Å²) in [7, 11) is 1.94. The number of benzene rings is 2. The molecule has 2 heterocycles. The van der Waals surface area contributed by atoms with E-state index in [9.17, 15) is 4.79 Å². The van der Waals surface area contributed by atoms with Crippen LogP contribution in [0.15, 0.2) is 42.6 Å². The zero-order valence-corrected chi connectivity index (χ0v) is 19.6. The Kier molecular flexibility index (Phi) is 5.27. The lowest BCUT2D eigenvalue weighted by Crippen LogP contribution is -2.32. The van der Waals surface area contributed by atoms with E-state index < -0.39 is 0 Å². The molecule has 5 rings (SSSR count). The van der Waals surface area contributed by atoms with Gasteiger partial charge in [-0.25, -0.2) is 4.98 Å². The number of fused-ring (bicyclic) bond motifs is 1. The maximum Gasteiger partial charge on any atom is 0.251 e. The summed E-state index contributed by atoms with van der Waals surface area (Å²) < 4.78 is 1.86. The molecule has 7 heteroatoms. The molecule has 4 aromatic rings. The lowest BCUT2D eigenvalue weighted by molar-refractivity contribution is 0.0939. The first-order valence-corrected chi connectivity index (χ1v) is 11.5. The summed E-state index contributed by atoms with van der Waals surface area (Å²) in [4.78, 5) is 17.2. The number of hydrogen-bond donors (Lipinski definition) is 2. The van der Waals surface area contributed by atoms with Gasteiger partial charge in [0.1, 0.15) is 5.82 Å². The Morgan fingerprint density at radius 2 is 1.91 bits per heavy atom. The van der Waals surface area contributed by atoms with Gasteiger partial charge in [0, 0.05) is 36.5 Å². The largest absolute Gasteiger partial charge is 0.352 e. The van der Waals surface area contributed by atoms with Gasteiger partial charge in [0.25, 0.3) is 5.91 Å². The number of hydrogen-bond acceptors (Lipinski definition) is 4. The predicted octanol–water partition coefficient (Wildman–Crippen LogP) is 4.60. The molecule has 1 fully saturated rings. The minimum atomic E-state index is -0.0617. The highest BCUT2D eigenvalue weighted by Crippen LogP contribution is 2.45. The molecule has 0 unspecified atom stereocenters. The average molecular weight is 443 g/mol. The Labute approximate surface area is 193 Å². The molecule has 2 aromatic heterocycles. The fourth-order valence-corrected chi connectivity index (χ4v) is 4.17. The number of H-pyrrole nitrogens is 1. The summed E-state index contributed by atoms with van der Waals surface area (Å²) in [6, 6.07) is 11.8. The lowest BCUT2D eigenvalue weighted by atomic mass is 9.96. The number of nitrogens with one attached hydrogen (secondary N) is 2. The highest BCUT2D eigenvalue weighted by molar-refractivity contribution is 5.94. The molecule has 1 aliphatic rings. The van der Waals surface area contributed by atoms with Crippen LogP contribution >= 0.6 is 0 Å². The van der Waals surface area contributed by atoms with Crippen molar-refractivity contribution in [1.82, 2.24) is 30.3 Å². The number of rotatable bonds is 6. The quantitative estimate of drug-likeness (QED) is 0.457. The van der Waals surface area contributed by atoms with Crippen LogP contribution in [0.4, 0.5) is 0 Å². The second-order valence-electron chi connectivity index (χ2n) is 10.2. The maximum atomic E-state index is 12.4. The summed E-state index contributed by atoms with van der Waals surface area (Å²) in [6.45, 7) is 6.93. The smallest absolute Gasteiger partial charge is 0.251 e. The van der Waals surface area contributed by atoms with Crippen molar-refractivity contribution in [2.24, 2.45) is 12.5 Å². The Balaban J connectivity index is 1.36. The third-order valence-corrected chi connectivity index (χ3v) is 6.13. The highest BCUT2D eigenvalue weighted by atomic mass is 16.1. The van der Waals surface area contributed by atoms with E-state index in [0.29, 0.717) is 23.9 Å². The van der Waals surface area contributed by atoms with E-state index >= 15 is 0 Å². The van der Waals surface area contributed by atoms with E-state index in [-0.39, 0.29) is 11.3 Å². The standard InChI is InChI=1S/C26H30N6O/c1-26(2,3)15-27-25(33)18-9-7-17(8-10-18)24-29-22(32(4)31-24)13-19-11-12-21-20(14-28-30-21)23(19)16-5-6-16/h7-12,14,16H,5-6,13,15H2,1-4H3,(H,27,33)(H,28,30). The number of aromatic nitrogens is 5. The SMILES string of the molecule is Cn1nc(-c2ccc(C(=O)NCC(C)(C)C)cc2)nc1Cc1ccc2[nH]ncc2c1C1CC1. The first-order valence-electron chi connectivity index (χ1n) is 11.5. The number of carbonyl (C=O) groups excluding carboxylic acids is 1. The molecule has 0 saturated heterocycles. The first-order chi connectivity index (χ1) is 15.8. The van der Waals surface area contributed by atoms with Crippen molar-refractivity contribution in [3.63, 3.8) is 0 Å². The maximum absolute atomic E-state index is 12.4. The van der Waals surface area contributed by atoms with Gasteiger partial charge in [-0.2, -0.15) is 10.2 Å². The zero-order chi connectivity index (χ0) is 23.2. The van der Waals surface area contributed by atoms with E-state index in [1.165, 1.54) is 29.4 Å². The molecule has 7 nitrogen and oxygen atoms in total. The molecule has 0 radical (unpaired) electrons. The molecule has 0 aliphatic heterocycles. The van der Waals surface area contributed by atoms with Crippen LogP contribution in [-0.4, -0.2) is 37.4 Å². The Bertz CT molecular complexity index is 1310. The van der Waals surface area contributed by atoms with Crippen molar-refractivity contribution >= 4 is 16.8 Å². The topological polar surface area (TPSA) is 88.5 Å². The fraction of sp³-hybridized carbons (Fsp3) is 0.385. The molecule has 2 aromatic carbocycles. The average Bonchev–Trinajstić information content (AvgIpc) is 3.39. The van der Waals surface area contributed by atoms with Crippen LogP contribution in [0.25, 0.3) is 22.3 Å². The lowest BCUT2D eigenvalue weighted by Gasteiger charge is -2.18. The summed E-state index contributed by atoms with van der Waals surface area (Å²) >= 11 is 0. The van der Waals surface area contributed by atoms with Crippen molar-refractivity contribution in [1.29, 1.82) is 0 Å². The number of aryl methyl sites for hydroxylation is 1. The number of carbonyl (C=O) groups is 1. The molecule has 0 spiro atoms. The van der Waals surface area contributed by atoms with Crippen molar-refractivity contribution in [3.05, 3.63) is 65.1 Å². The third-order valence-electron chi connectivity index (χ3n) is 6.13. The molecule has 2 N–H and O–H groups in total. The zero-order valence-electron chi connectivity index (χ0n) is 19.6. The number of aromatic amines is 1. The minimum absolute atomic E-state index is 0.0470.